The molecule has 0 aliphatic carbocycles. The van der Waals surface area contributed by atoms with Crippen LogP contribution in [0.2, 0.25) is 0 Å². The van der Waals surface area contributed by atoms with Crippen LogP contribution in [0.3, 0.4) is 0 Å². The summed E-state index contributed by atoms with van der Waals surface area (Å²) in [6.07, 6.45) is 3.21. The molecule has 3 rings (SSSR count). The highest BCUT2D eigenvalue weighted by atomic mass is 16.3. The zero-order valence-corrected chi connectivity index (χ0v) is 16.9. The molecule has 0 saturated carbocycles. The van der Waals surface area contributed by atoms with E-state index in [1.807, 2.05) is 13.0 Å². The van der Waals surface area contributed by atoms with Crippen LogP contribution in [-0.2, 0) is 11.3 Å². The SMILES string of the molecule is Cc1cccc(CN2CCC(N3CCC(C(=O)NC[C@@H](O)CO)CC3)CC2)n1. The monoisotopic (exact) mass is 390 g/mol. The first-order valence-electron chi connectivity index (χ1n) is 10.5. The van der Waals surface area contributed by atoms with Gasteiger partial charge in [-0.3, -0.25) is 14.7 Å². The predicted molar refractivity (Wildman–Crippen MR) is 108 cm³/mol. The Hall–Kier alpha value is -1.54. The summed E-state index contributed by atoms with van der Waals surface area (Å²) in [6.45, 7) is 6.89. The number of aliphatic hydroxyl groups is 2. The molecular formula is C21H34N4O3. The molecule has 0 aromatic carbocycles. The molecule has 0 radical (unpaired) electrons. The summed E-state index contributed by atoms with van der Waals surface area (Å²) in [6, 6.07) is 6.83. The quantitative estimate of drug-likeness (QED) is 0.630. The number of carbonyl (C=O) groups excluding carboxylic acids is 1. The van der Waals surface area contributed by atoms with Crippen molar-refractivity contribution >= 4 is 5.91 Å². The summed E-state index contributed by atoms with van der Waals surface area (Å²) in [4.78, 5) is 21.9. The number of amides is 1. The van der Waals surface area contributed by atoms with Crippen molar-refractivity contribution in [3.05, 3.63) is 29.6 Å². The summed E-state index contributed by atoms with van der Waals surface area (Å²) in [7, 11) is 0. The van der Waals surface area contributed by atoms with E-state index in [1.165, 1.54) is 12.8 Å². The van der Waals surface area contributed by atoms with Crippen LogP contribution >= 0.6 is 0 Å². The number of carbonyl (C=O) groups is 1. The molecule has 2 fully saturated rings. The minimum atomic E-state index is -0.871. The fraction of sp³-hybridized carbons (Fsp3) is 0.714. The van der Waals surface area contributed by atoms with Crippen LogP contribution in [-0.4, -0.2) is 82.4 Å². The molecule has 1 atom stereocenters. The molecule has 0 bridgehead atoms. The normalized spacial score (nSPS) is 21.5. The van der Waals surface area contributed by atoms with E-state index in [2.05, 4.69) is 32.2 Å². The summed E-state index contributed by atoms with van der Waals surface area (Å²) in [5.41, 5.74) is 2.22. The van der Waals surface area contributed by atoms with Crippen LogP contribution in [0.1, 0.15) is 37.1 Å². The van der Waals surface area contributed by atoms with E-state index in [9.17, 15) is 9.90 Å². The molecule has 2 saturated heterocycles. The predicted octanol–water partition coefficient (Wildman–Crippen LogP) is 0.536. The van der Waals surface area contributed by atoms with Crippen LogP contribution in [0.15, 0.2) is 18.2 Å². The molecule has 28 heavy (non-hydrogen) atoms. The Labute approximate surface area is 167 Å². The smallest absolute Gasteiger partial charge is 0.223 e. The van der Waals surface area contributed by atoms with E-state index < -0.39 is 6.10 Å². The highest BCUT2D eigenvalue weighted by molar-refractivity contribution is 5.78. The van der Waals surface area contributed by atoms with Crippen LogP contribution in [0.4, 0.5) is 0 Å². The molecule has 0 spiro atoms. The lowest BCUT2D eigenvalue weighted by Crippen LogP contribution is -2.49. The van der Waals surface area contributed by atoms with Gasteiger partial charge in [-0.1, -0.05) is 6.07 Å². The lowest BCUT2D eigenvalue weighted by Gasteiger charge is -2.41. The Kier molecular flexibility index (Phi) is 7.79. The first-order chi connectivity index (χ1) is 13.5. The minimum absolute atomic E-state index is 0.00706. The van der Waals surface area contributed by atoms with Crippen molar-refractivity contribution in [2.75, 3.05) is 39.3 Å². The Balaban J connectivity index is 1.37. The van der Waals surface area contributed by atoms with Gasteiger partial charge >= 0.3 is 0 Å². The van der Waals surface area contributed by atoms with Crippen molar-refractivity contribution in [3.63, 3.8) is 0 Å². The molecule has 0 unspecified atom stereocenters. The number of rotatable bonds is 7. The number of hydrogen-bond donors (Lipinski definition) is 3. The third kappa shape index (κ3) is 5.98. The van der Waals surface area contributed by atoms with Gasteiger partial charge in [-0.2, -0.15) is 0 Å². The first-order valence-corrected chi connectivity index (χ1v) is 10.5. The Morgan fingerprint density at radius 1 is 1.21 bits per heavy atom. The zero-order chi connectivity index (χ0) is 19.9. The van der Waals surface area contributed by atoms with Crippen LogP contribution in [0.25, 0.3) is 0 Å². The molecule has 1 aromatic rings. The molecule has 7 nitrogen and oxygen atoms in total. The van der Waals surface area contributed by atoms with Gasteiger partial charge in [-0.25, -0.2) is 0 Å². The number of hydrogen-bond acceptors (Lipinski definition) is 6. The first kappa shape index (κ1) is 21.2. The van der Waals surface area contributed by atoms with Crippen LogP contribution < -0.4 is 5.32 Å². The highest BCUT2D eigenvalue weighted by Gasteiger charge is 2.30. The van der Waals surface area contributed by atoms with Crippen molar-refractivity contribution < 1.29 is 15.0 Å². The van der Waals surface area contributed by atoms with E-state index in [4.69, 9.17) is 5.11 Å². The van der Waals surface area contributed by atoms with Crippen LogP contribution in [0, 0.1) is 12.8 Å². The number of nitrogens with one attached hydrogen (secondary N) is 1. The molecule has 3 heterocycles. The molecule has 156 valence electrons. The van der Waals surface area contributed by atoms with Gasteiger partial charge in [0.15, 0.2) is 0 Å². The number of nitrogens with zero attached hydrogens (tertiary/aromatic N) is 3. The zero-order valence-electron chi connectivity index (χ0n) is 16.9. The maximum absolute atomic E-state index is 12.2. The Bertz CT molecular complexity index is 626. The number of aryl methyl sites for hydroxylation is 1. The summed E-state index contributed by atoms with van der Waals surface area (Å²) in [5.74, 6) is 0.0299. The topological polar surface area (TPSA) is 88.9 Å². The standard InChI is InChI=1S/C21H34N4O3/c1-16-3-2-4-18(23-16)14-24-9-7-19(8-10-24)25-11-5-17(6-12-25)21(28)22-13-20(27)15-26/h2-4,17,19-20,26-27H,5-15H2,1H3,(H,22,28)/t20-/m1/s1. The van der Waals surface area contributed by atoms with Gasteiger partial charge in [0.2, 0.25) is 5.91 Å². The van der Waals surface area contributed by atoms with Gasteiger partial charge in [-0.15, -0.1) is 0 Å². The molecular weight excluding hydrogens is 356 g/mol. The van der Waals surface area contributed by atoms with Crippen LogP contribution in [0.5, 0.6) is 0 Å². The van der Waals surface area contributed by atoms with Crippen molar-refractivity contribution in [1.29, 1.82) is 0 Å². The second-order valence-electron chi connectivity index (χ2n) is 8.17. The molecule has 1 amide bonds. The third-order valence-electron chi connectivity index (χ3n) is 6.03. The van der Waals surface area contributed by atoms with E-state index in [0.717, 1.165) is 57.0 Å². The summed E-state index contributed by atoms with van der Waals surface area (Å²) >= 11 is 0. The van der Waals surface area contributed by atoms with Crippen molar-refractivity contribution in [2.45, 2.75) is 51.3 Å². The lowest BCUT2D eigenvalue weighted by molar-refractivity contribution is -0.127. The molecule has 7 heteroatoms. The maximum atomic E-state index is 12.2. The van der Waals surface area contributed by atoms with E-state index >= 15 is 0 Å². The second kappa shape index (κ2) is 10.3. The third-order valence-corrected chi connectivity index (χ3v) is 6.03. The number of aromatic nitrogens is 1. The van der Waals surface area contributed by atoms with Gasteiger partial charge in [0.05, 0.1) is 18.4 Å². The van der Waals surface area contributed by atoms with Gasteiger partial charge in [0.1, 0.15) is 0 Å². The average Bonchev–Trinajstić information content (AvgIpc) is 2.72. The van der Waals surface area contributed by atoms with E-state index in [-0.39, 0.29) is 25.0 Å². The number of aliphatic hydroxyl groups excluding tert-OH is 2. The second-order valence-corrected chi connectivity index (χ2v) is 8.17. The largest absolute Gasteiger partial charge is 0.394 e. The number of likely N-dealkylation sites (tertiary alicyclic amines) is 2. The van der Waals surface area contributed by atoms with E-state index in [1.54, 1.807) is 0 Å². The van der Waals surface area contributed by atoms with Gasteiger partial charge in [-0.05, 0) is 57.8 Å². The van der Waals surface area contributed by atoms with E-state index in [0.29, 0.717) is 6.04 Å². The maximum Gasteiger partial charge on any atom is 0.223 e. The number of piperidine rings is 2. The Morgan fingerprint density at radius 3 is 2.57 bits per heavy atom. The fourth-order valence-corrected chi connectivity index (χ4v) is 4.31. The van der Waals surface area contributed by atoms with Crippen molar-refractivity contribution in [1.82, 2.24) is 20.1 Å². The summed E-state index contributed by atoms with van der Waals surface area (Å²) < 4.78 is 0. The number of pyridine rings is 1. The van der Waals surface area contributed by atoms with Gasteiger partial charge in [0.25, 0.3) is 0 Å². The minimum Gasteiger partial charge on any atom is -0.394 e. The lowest BCUT2D eigenvalue weighted by atomic mass is 9.92. The average molecular weight is 391 g/mol. The molecule has 2 aliphatic rings. The molecule has 1 aromatic heterocycles. The van der Waals surface area contributed by atoms with Crippen molar-refractivity contribution in [2.24, 2.45) is 5.92 Å². The fourth-order valence-electron chi connectivity index (χ4n) is 4.31. The molecule has 2 aliphatic heterocycles. The van der Waals surface area contributed by atoms with Gasteiger partial charge in [0, 0.05) is 43.8 Å². The highest BCUT2D eigenvalue weighted by Crippen LogP contribution is 2.24. The van der Waals surface area contributed by atoms with Crippen molar-refractivity contribution in [3.8, 4) is 0 Å². The van der Waals surface area contributed by atoms with Gasteiger partial charge < -0.3 is 20.4 Å². The Morgan fingerprint density at radius 2 is 1.93 bits per heavy atom. The summed E-state index contributed by atoms with van der Waals surface area (Å²) in [5, 5.41) is 21.0. The molecule has 3 N–H and O–H groups in total.